The summed E-state index contributed by atoms with van der Waals surface area (Å²) >= 11 is 0. The molecule has 1 aliphatic heterocycles. The van der Waals surface area contributed by atoms with Gasteiger partial charge >= 0.3 is 0 Å². The first kappa shape index (κ1) is 15.7. The standard InChI is InChI=1S/C19H24N2O2/c1-23-18-9-7-16(8-10-18)17-6-2-3-13-21(14-17)19(22)15-20-11-4-5-12-20/h4-5,7-12,17H,2-3,6,13-15H2,1H3/t17-/m1/s1. The highest BCUT2D eigenvalue weighted by molar-refractivity contribution is 5.76. The lowest BCUT2D eigenvalue weighted by molar-refractivity contribution is -0.131. The Kier molecular flexibility index (Phi) is 5.01. The zero-order chi connectivity index (χ0) is 16.1. The number of ether oxygens (including phenoxy) is 1. The Hall–Kier alpha value is -2.23. The molecule has 1 amide bonds. The number of methoxy groups -OCH3 is 1. The van der Waals surface area contributed by atoms with E-state index in [9.17, 15) is 4.79 Å². The van der Waals surface area contributed by atoms with Crippen molar-refractivity contribution in [3.63, 3.8) is 0 Å². The maximum atomic E-state index is 12.6. The molecule has 2 heterocycles. The number of aromatic nitrogens is 1. The third-order valence-corrected chi connectivity index (χ3v) is 4.60. The molecule has 1 aliphatic rings. The minimum atomic E-state index is 0.210. The lowest BCUT2D eigenvalue weighted by Crippen LogP contribution is -2.36. The van der Waals surface area contributed by atoms with E-state index in [1.54, 1.807) is 7.11 Å². The van der Waals surface area contributed by atoms with Crippen LogP contribution in [0.15, 0.2) is 48.8 Å². The molecule has 0 aliphatic carbocycles. The third kappa shape index (κ3) is 3.95. The van der Waals surface area contributed by atoms with Crippen LogP contribution in [-0.4, -0.2) is 35.6 Å². The second-order valence-corrected chi connectivity index (χ2v) is 6.16. The number of likely N-dealkylation sites (tertiary alicyclic amines) is 1. The Morgan fingerprint density at radius 2 is 1.91 bits per heavy atom. The Morgan fingerprint density at radius 1 is 1.17 bits per heavy atom. The van der Waals surface area contributed by atoms with Gasteiger partial charge in [0.25, 0.3) is 0 Å². The molecule has 4 heteroatoms. The van der Waals surface area contributed by atoms with Crippen LogP contribution in [0, 0.1) is 0 Å². The summed E-state index contributed by atoms with van der Waals surface area (Å²) in [5, 5.41) is 0. The molecular formula is C19H24N2O2. The second-order valence-electron chi connectivity index (χ2n) is 6.16. The van der Waals surface area contributed by atoms with E-state index in [4.69, 9.17) is 4.74 Å². The molecule has 0 bridgehead atoms. The lowest BCUT2D eigenvalue weighted by Gasteiger charge is -2.25. The lowest BCUT2D eigenvalue weighted by atomic mass is 9.94. The van der Waals surface area contributed by atoms with Crippen molar-refractivity contribution in [3.8, 4) is 5.75 Å². The summed E-state index contributed by atoms with van der Waals surface area (Å²) in [6.45, 7) is 2.11. The average Bonchev–Trinajstić information content (AvgIpc) is 2.96. The van der Waals surface area contributed by atoms with E-state index in [2.05, 4.69) is 12.1 Å². The van der Waals surface area contributed by atoms with Crippen LogP contribution in [0.4, 0.5) is 0 Å². The highest BCUT2D eigenvalue weighted by Gasteiger charge is 2.23. The zero-order valence-electron chi connectivity index (χ0n) is 13.6. The van der Waals surface area contributed by atoms with Gasteiger partial charge in [-0.25, -0.2) is 0 Å². The van der Waals surface area contributed by atoms with Crippen LogP contribution >= 0.6 is 0 Å². The van der Waals surface area contributed by atoms with Crippen molar-refractivity contribution in [1.82, 2.24) is 9.47 Å². The van der Waals surface area contributed by atoms with Crippen molar-refractivity contribution in [1.29, 1.82) is 0 Å². The molecule has 1 fully saturated rings. The maximum Gasteiger partial charge on any atom is 0.242 e. The van der Waals surface area contributed by atoms with Crippen molar-refractivity contribution in [2.24, 2.45) is 0 Å². The molecule has 122 valence electrons. The minimum absolute atomic E-state index is 0.210. The van der Waals surface area contributed by atoms with Crippen LogP contribution in [-0.2, 0) is 11.3 Å². The Morgan fingerprint density at radius 3 is 2.61 bits per heavy atom. The highest BCUT2D eigenvalue weighted by Crippen LogP contribution is 2.28. The van der Waals surface area contributed by atoms with Gasteiger partial charge in [0, 0.05) is 31.4 Å². The van der Waals surface area contributed by atoms with Crippen LogP contribution in [0.2, 0.25) is 0 Å². The SMILES string of the molecule is COc1ccc([C@@H]2CCCCN(C(=O)Cn3cccc3)C2)cc1. The molecule has 1 aromatic heterocycles. The first-order valence-corrected chi connectivity index (χ1v) is 8.29. The maximum absolute atomic E-state index is 12.6. The fourth-order valence-corrected chi connectivity index (χ4v) is 3.25. The van der Waals surface area contributed by atoms with Gasteiger partial charge in [-0.1, -0.05) is 18.6 Å². The van der Waals surface area contributed by atoms with Gasteiger partial charge in [-0.05, 0) is 42.7 Å². The van der Waals surface area contributed by atoms with E-state index in [0.717, 1.165) is 31.7 Å². The van der Waals surface area contributed by atoms with Crippen LogP contribution < -0.4 is 4.74 Å². The number of rotatable bonds is 4. The molecular weight excluding hydrogens is 288 g/mol. The number of benzene rings is 1. The van der Waals surface area contributed by atoms with Gasteiger partial charge < -0.3 is 14.2 Å². The predicted octanol–water partition coefficient (Wildman–Crippen LogP) is 3.29. The van der Waals surface area contributed by atoms with Gasteiger partial charge in [0.1, 0.15) is 12.3 Å². The van der Waals surface area contributed by atoms with E-state index in [1.165, 1.54) is 12.0 Å². The van der Waals surface area contributed by atoms with Gasteiger partial charge in [-0.3, -0.25) is 4.79 Å². The smallest absolute Gasteiger partial charge is 0.242 e. The van der Waals surface area contributed by atoms with Gasteiger partial charge in [-0.2, -0.15) is 0 Å². The van der Waals surface area contributed by atoms with E-state index < -0.39 is 0 Å². The third-order valence-electron chi connectivity index (χ3n) is 4.60. The molecule has 1 aromatic carbocycles. The van der Waals surface area contributed by atoms with Crippen molar-refractivity contribution < 1.29 is 9.53 Å². The van der Waals surface area contributed by atoms with Crippen molar-refractivity contribution >= 4 is 5.91 Å². The molecule has 1 saturated heterocycles. The summed E-state index contributed by atoms with van der Waals surface area (Å²) < 4.78 is 7.17. The fraction of sp³-hybridized carbons (Fsp3) is 0.421. The van der Waals surface area contributed by atoms with E-state index in [-0.39, 0.29) is 5.91 Å². The molecule has 0 radical (unpaired) electrons. The molecule has 0 N–H and O–H groups in total. The summed E-state index contributed by atoms with van der Waals surface area (Å²) in [5.74, 6) is 1.50. The van der Waals surface area contributed by atoms with E-state index in [0.29, 0.717) is 12.5 Å². The van der Waals surface area contributed by atoms with Gasteiger partial charge in [0.15, 0.2) is 0 Å². The second kappa shape index (κ2) is 7.36. The molecule has 0 spiro atoms. The summed E-state index contributed by atoms with van der Waals surface area (Å²) in [6, 6.07) is 12.2. The van der Waals surface area contributed by atoms with Gasteiger partial charge in [0.05, 0.1) is 7.11 Å². The fourth-order valence-electron chi connectivity index (χ4n) is 3.25. The van der Waals surface area contributed by atoms with Crippen LogP contribution in [0.5, 0.6) is 5.75 Å². The highest BCUT2D eigenvalue weighted by atomic mass is 16.5. The number of carbonyl (C=O) groups is 1. The average molecular weight is 312 g/mol. The number of hydrogen-bond donors (Lipinski definition) is 0. The summed E-state index contributed by atoms with van der Waals surface area (Å²) in [5.41, 5.74) is 1.30. The first-order chi connectivity index (χ1) is 11.3. The topological polar surface area (TPSA) is 34.5 Å². The van der Waals surface area contributed by atoms with E-state index in [1.807, 2.05) is 46.1 Å². The van der Waals surface area contributed by atoms with Gasteiger partial charge in [0.2, 0.25) is 5.91 Å². The predicted molar refractivity (Wildman–Crippen MR) is 90.6 cm³/mol. The summed E-state index contributed by atoms with van der Waals surface area (Å²) in [7, 11) is 1.68. The van der Waals surface area contributed by atoms with Crippen LogP contribution in [0.3, 0.4) is 0 Å². The van der Waals surface area contributed by atoms with Crippen LogP contribution in [0.1, 0.15) is 30.7 Å². The van der Waals surface area contributed by atoms with Crippen molar-refractivity contribution in [2.75, 3.05) is 20.2 Å². The number of carbonyl (C=O) groups excluding carboxylic acids is 1. The van der Waals surface area contributed by atoms with E-state index >= 15 is 0 Å². The molecule has 1 atom stereocenters. The summed E-state index contributed by atoms with van der Waals surface area (Å²) in [6.07, 6.45) is 7.28. The van der Waals surface area contributed by atoms with Crippen molar-refractivity contribution in [3.05, 3.63) is 54.4 Å². The molecule has 0 saturated carbocycles. The van der Waals surface area contributed by atoms with Gasteiger partial charge in [-0.15, -0.1) is 0 Å². The summed E-state index contributed by atoms with van der Waals surface area (Å²) in [4.78, 5) is 14.6. The Labute approximate surface area is 137 Å². The largest absolute Gasteiger partial charge is 0.497 e. The quantitative estimate of drug-likeness (QED) is 0.868. The number of hydrogen-bond acceptors (Lipinski definition) is 2. The molecule has 0 unspecified atom stereocenters. The molecule has 2 aromatic rings. The van der Waals surface area contributed by atoms with Crippen LogP contribution in [0.25, 0.3) is 0 Å². The normalized spacial score (nSPS) is 18.5. The molecule has 4 nitrogen and oxygen atoms in total. The first-order valence-electron chi connectivity index (χ1n) is 8.29. The minimum Gasteiger partial charge on any atom is -0.497 e. The number of nitrogens with zero attached hydrogens (tertiary/aromatic N) is 2. The monoisotopic (exact) mass is 312 g/mol. The Balaban J connectivity index is 1.68. The number of amides is 1. The molecule has 3 rings (SSSR count). The molecule has 23 heavy (non-hydrogen) atoms. The Bertz CT molecular complexity index is 619. The van der Waals surface area contributed by atoms with Crippen molar-refractivity contribution in [2.45, 2.75) is 31.7 Å². The zero-order valence-corrected chi connectivity index (χ0v) is 13.6.